The summed E-state index contributed by atoms with van der Waals surface area (Å²) in [6.07, 6.45) is -0.0189. The fraction of sp³-hybridized carbons (Fsp3) is 0.400. The summed E-state index contributed by atoms with van der Waals surface area (Å²) in [5.41, 5.74) is 0.781. The Kier molecular flexibility index (Phi) is 7.28. The second kappa shape index (κ2) is 8.99. The van der Waals surface area contributed by atoms with Gasteiger partial charge in [-0.1, -0.05) is 18.2 Å². The van der Waals surface area contributed by atoms with Crippen LogP contribution in [-0.2, 0) is 19.0 Å². The van der Waals surface area contributed by atoms with Crippen LogP contribution in [0.1, 0.15) is 18.3 Å². The number of rotatable bonds is 9. The Morgan fingerprint density at radius 3 is 2.52 bits per heavy atom. The van der Waals surface area contributed by atoms with Crippen LogP contribution in [0.15, 0.2) is 36.6 Å². The van der Waals surface area contributed by atoms with Crippen molar-refractivity contribution in [1.29, 1.82) is 0 Å². The summed E-state index contributed by atoms with van der Waals surface area (Å²) in [5.74, 6) is -0.789. The molecule has 1 aromatic carbocycles. The van der Waals surface area contributed by atoms with Gasteiger partial charge in [0.2, 0.25) is 0 Å². The summed E-state index contributed by atoms with van der Waals surface area (Å²) in [6, 6.07) is 7.36. The molecule has 6 heteroatoms. The zero-order valence-corrected chi connectivity index (χ0v) is 12.2. The topological polar surface area (TPSA) is 74.2 Å². The Morgan fingerprint density at radius 1 is 1.24 bits per heavy atom. The molecule has 0 aliphatic rings. The fourth-order valence-electron chi connectivity index (χ4n) is 1.65. The number of aliphatic hydroxyl groups excluding tert-OH is 1. The average molecular weight is 296 g/mol. The van der Waals surface area contributed by atoms with Crippen LogP contribution in [0.3, 0.4) is 0 Å². The molecular formula is C15H20O6. The summed E-state index contributed by atoms with van der Waals surface area (Å²) < 4.78 is 20.8. The molecule has 6 nitrogen and oxygen atoms in total. The van der Waals surface area contributed by atoms with Crippen molar-refractivity contribution in [2.24, 2.45) is 0 Å². The smallest absolute Gasteiger partial charge is 0.372 e. The van der Waals surface area contributed by atoms with Crippen molar-refractivity contribution in [3.63, 3.8) is 0 Å². The summed E-state index contributed by atoms with van der Waals surface area (Å²) >= 11 is 0. The van der Waals surface area contributed by atoms with Crippen LogP contribution in [-0.4, -0.2) is 38.5 Å². The number of hydrogen-bond acceptors (Lipinski definition) is 6. The average Bonchev–Trinajstić information content (AvgIpc) is 2.49. The minimum absolute atomic E-state index is 0.137. The van der Waals surface area contributed by atoms with Gasteiger partial charge in [-0.05, 0) is 12.6 Å². The predicted molar refractivity (Wildman–Crippen MR) is 76.0 cm³/mol. The summed E-state index contributed by atoms with van der Waals surface area (Å²) in [4.78, 5) is 11.0. The summed E-state index contributed by atoms with van der Waals surface area (Å²) in [7, 11) is 3.10. The van der Waals surface area contributed by atoms with Gasteiger partial charge in [-0.25, -0.2) is 4.79 Å². The quantitative estimate of drug-likeness (QED) is 0.248. The first kappa shape index (κ1) is 17.0. The Balaban J connectivity index is 2.45. The van der Waals surface area contributed by atoms with Crippen LogP contribution in [0.25, 0.3) is 0 Å². The first-order valence-electron chi connectivity index (χ1n) is 6.42. The lowest BCUT2D eigenvalue weighted by Gasteiger charge is -2.17. The van der Waals surface area contributed by atoms with Gasteiger partial charge < -0.3 is 24.1 Å². The molecule has 0 aliphatic carbocycles. The number of esters is 1. The highest BCUT2D eigenvalue weighted by Gasteiger charge is 2.14. The molecule has 0 amide bonds. The molecule has 1 N–H and O–H groups in total. The third-order valence-electron chi connectivity index (χ3n) is 2.62. The number of para-hydroxylation sites is 1. The van der Waals surface area contributed by atoms with Gasteiger partial charge in [-0.2, -0.15) is 0 Å². The maximum absolute atomic E-state index is 11.0. The molecule has 0 spiro atoms. The Hall–Kier alpha value is -2.05. The van der Waals surface area contributed by atoms with E-state index in [1.54, 1.807) is 14.2 Å². The minimum Gasteiger partial charge on any atom is -0.502 e. The van der Waals surface area contributed by atoms with Gasteiger partial charge >= 0.3 is 5.97 Å². The van der Waals surface area contributed by atoms with Gasteiger partial charge in [0.15, 0.2) is 12.0 Å². The molecule has 0 unspecified atom stereocenters. The van der Waals surface area contributed by atoms with Gasteiger partial charge in [-0.3, -0.25) is 0 Å². The Bertz CT molecular complexity index is 467. The summed E-state index contributed by atoms with van der Waals surface area (Å²) in [5, 5.41) is 8.78. The van der Waals surface area contributed by atoms with E-state index < -0.39 is 18.0 Å². The van der Waals surface area contributed by atoms with Crippen molar-refractivity contribution < 1.29 is 28.8 Å². The van der Waals surface area contributed by atoms with E-state index in [-0.39, 0.29) is 6.61 Å². The number of aliphatic hydroxyl groups is 1. The Morgan fingerprint density at radius 2 is 1.90 bits per heavy atom. The van der Waals surface area contributed by atoms with Gasteiger partial charge in [-0.15, -0.1) is 0 Å². The molecular weight excluding hydrogens is 276 g/mol. The van der Waals surface area contributed by atoms with E-state index in [9.17, 15) is 4.79 Å². The molecule has 0 fully saturated rings. The highest BCUT2D eigenvalue weighted by atomic mass is 16.7. The maximum atomic E-state index is 11.0. The number of carbonyl (C=O) groups is 1. The molecule has 0 saturated heterocycles. The third-order valence-corrected chi connectivity index (χ3v) is 2.62. The fourth-order valence-corrected chi connectivity index (χ4v) is 1.65. The van der Waals surface area contributed by atoms with Gasteiger partial charge in [0.1, 0.15) is 5.75 Å². The largest absolute Gasteiger partial charge is 0.502 e. The molecule has 0 heterocycles. The van der Waals surface area contributed by atoms with Gasteiger partial charge in [0.25, 0.3) is 0 Å². The zero-order chi connectivity index (χ0) is 15.7. The molecule has 21 heavy (non-hydrogen) atoms. The van der Waals surface area contributed by atoms with E-state index in [1.165, 1.54) is 0 Å². The monoisotopic (exact) mass is 296 g/mol. The van der Waals surface area contributed by atoms with Crippen molar-refractivity contribution in [3.05, 3.63) is 42.2 Å². The van der Waals surface area contributed by atoms with E-state index in [1.807, 2.05) is 24.3 Å². The van der Waals surface area contributed by atoms with Crippen molar-refractivity contribution >= 4 is 5.97 Å². The van der Waals surface area contributed by atoms with Crippen molar-refractivity contribution in [3.8, 4) is 5.75 Å². The lowest BCUT2D eigenvalue weighted by molar-refractivity contribution is -0.142. The standard InChI is InChI=1S/C15H20O6/c1-11(16)14(17)21-10-6-9-20-13-8-5-4-7-12(13)15(18-2)19-3/h4-5,7-8,15-16H,1,6,9-10H2,2-3H3. The van der Waals surface area contributed by atoms with E-state index in [4.69, 9.17) is 24.1 Å². The van der Waals surface area contributed by atoms with Crippen molar-refractivity contribution in [2.45, 2.75) is 12.7 Å². The maximum Gasteiger partial charge on any atom is 0.372 e. The minimum atomic E-state index is -0.825. The van der Waals surface area contributed by atoms with Gasteiger partial charge in [0.05, 0.1) is 13.2 Å². The van der Waals surface area contributed by atoms with Gasteiger partial charge in [0, 0.05) is 26.2 Å². The SMILES string of the molecule is C=C(O)C(=O)OCCCOc1ccccc1C(OC)OC. The molecule has 0 radical (unpaired) electrons. The third kappa shape index (κ3) is 5.45. The molecule has 0 saturated carbocycles. The number of benzene rings is 1. The molecule has 1 aromatic rings. The normalized spacial score (nSPS) is 10.4. The molecule has 0 atom stereocenters. The lowest BCUT2D eigenvalue weighted by Crippen LogP contribution is -2.11. The van der Waals surface area contributed by atoms with Crippen molar-refractivity contribution in [2.75, 3.05) is 27.4 Å². The van der Waals surface area contributed by atoms with E-state index >= 15 is 0 Å². The molecule has 0 aromatic heterocycles. The number of carbonyl (C=O) groups excluding carboxylic acids is 1. The van der Waals surface area contributed by atoms with Crippen LogP contribution in [0, 0.1) is 0 Å². The van der Waals surface area contributed by atoms with Crippen molar-refractivity contribution in [1.82, 2.24) is 0 Å². The van der Waals surface area contributed by atoms with Crippen LogP contribution in [0.5, 0.6) is 5.75 Å². The molecule has 1 rings (SSSR count). The highest BCUT2D eigenvalue weighted by molar-refractivity contribution is 5.84. The van der Waals surface area contributed by atoms with Crippen LogP contribution in [0.2, 0.25) is 0 Å². The Labute approximate surface area is 123 Å². The lowest BCUT2D eigenvalue weighted by atomic mass is 10.2. The molecule has 116 valence electrons. The zero-order valence-electron chi connectivity index (χ0n) is 12.2. The number of hydrogen-bond donors (Lipinski definition) is 1. The second-order valence-electron chi connectivity index (χ2n) is 4.13. The number of methoxy groups -OCH3 is 2. The predicted octanol–water partition coefficient (Wildman–Crippen LogP) is 2.36. The van der Waals surface area contributed by atoms with Crippen LogP contribution >= 0.6 is 0 Å². The van der Waals surface area contributed by atoms with Crippen LogP contribution in [0.4, 0.5) is 0 Å². The molecule has 0 aliphatic heterocycles. The first-order chi connectivity index (χ1) is 10.1. The number of ether oxygens (including phenoxy) is 4. The molecule has 0 bridgehead atoms. The van der Waals surface area contributed by atoms with E-state index in [2.05, 4.69) is 6.58 Å². The van der Waals surface area contributed by atoms with E-state index in [0.717, 1.165) is 5.56 Å². The van der Waals surface area contributed by atoms with Crippen LogP contribution < -0.4 is 4.74 Å². The first-order valence-corrected chi connectivity index (χ1v) is 6.42. The second-order valence-corrected chi connectivity index (χ2v) is 4.13. The summed E-state index contributed by atoms with van der Waals surface area (Å²) in [6.45, 7) is 3.56. The van der Waals surface area contributed by atoms with E-state index in [0.29, 0.717) is 18.8 Å². The highest BCUT2D eigenvalue weighted by Crippen LogP contribution is 2.27.